The number of rotatable bonds is 5. The van der Waals surface area contributed by atoms with Gasteiger partial charge in [0.25, 0.3) is 5.91 Å². The SMILES string of the molecule is C[C@H](NC(=O)COc1cccc(Cl)c1Cl)C12CC3CC(CC(C3)C1)C2. The zero-order valence-electron chi connectivity index (χ0n) is 14.6. The number of amides is 1. The first-order chi connectivity index (χ1) is 11.9. The smallest absolute Gasteiger partial charge is 0.258 e. The van der Waals surface area contributed by atoms with Crippen molar-refractivity contribution < 1.29 is 9.53 Å². The summed E-state index contributed by atoms with van der Waals surface area (Å²) in [5, 5.41) is 3.99. The van der Waals surface area contributed by atoms with Crippen LogP contribution in [0, 0.1) is 23.2 Å². The number of nitrogens with one attached hydrogen (secondary N) is 1. The van der Waals surface area contributed by atoms with Crippen molar-refractivity contribution in [3.8, 4) is 5.75 Å². The van der Waals surface area contributed by atoms with E-state index in [9.17, 15) is 4.79 Å². The number of carbonyl (C=O) groups is 1. The second-order valence-electron chi connectivity index (χ2n) is 8.41. The maximum absolute atomic E-state index is 12.4. The first kappa shape index (κ1) is 17.5. The molecule has 5 rings (SSSR count). The predicted molar refractivity (Wildman–Crippen MR) is 100 cm³/mol. The van der Waals surface area contributed by atoms with Gasteiger partial charge in [-0.15, -0.1) is 0 Å². The normalized spacial score (nSPS) is 34.0. The third kappa shape index (κ3) is 3.38. The fraction of sp³-hybridized carbons (Fsp3) is 0.650. The van der Waals surface area contributed by atoms with E-state index in [4.69, 9.17) is 27.9 Å². The van der Waals surface area contributed by atoms with Gasteiger partial charge in [0.1, 0.15) is 10.8 Å². The minimum atomic E-state index is -0.0840. The number of hydrogen-bond acceptors (Lipinski definition) is 2. The monoisotopic (exact) mass is 381 g/mol. The average molecular weight is 382 g/mol. The van der Waals surface area contributed by atoms with Crippen molar-refractivity contribution in [2.45, 2.75) is 51.5 Å². The summed E-state index contributed by atoms with van der Waals surface area (Å²) >= 11 is 12.1. The molecule has 1 atom stereocenters. The van der Waals surface area contributed by atoms with Crippen LogP contribution in [0.4, 0.5) is 0 Å². The van der Waals surface area contributed by atoms with Crippen LogP contribution in [-0.2, 0) is 4.79 Å². The number of halogens is 2. The van der Waals surface area contributed by atoms with Gasteiger partial charge in [0.2, 0.25) is 0 Å². The van der Waals surface area contributed by atoms with Crippen molar-refractivity contribution in [2.24, 2.45) is 23.2 Å². The van der Waals surface area contributed by atoms with Crippen LogP contribution in [0.25, 0.3) is 0 Å². The molecule has 4 fully saturated rings. The molecule has 0 saturated heterocycles. The lowest BCUT2D eigenvalue weighted by Gasteiger charge is -2.59. The minimum Gasteiger partial charge on any atom is -0.482 e. The number of hydrogen-bond donors (Lipinski definition) is 1. The second kappa shape index (κ2) is 6.66. The number of carbonyl (C=O) groups excluding carboxylic acids is 1. The van der Waals surface area contributed by atoms with E-state index >= 15 is 0 Å². The van der Waals surface area contributed by atoms with Crippen LogP contribution in [0.1, 0.15) is 45.4 Å². The molecule has 0 spiro atoms. The van der Waals surface area contributed by atoms with Gasteiger partial charge >= 0.3 is 0 Å². The Balaban J connectivity index is 1.35. The van der Waals surface area contributed by atoms with Crippen molar-refractivity contribution in [1.29, 1.82) is 0 Å². The van der Waals surface area contributed by atoms with E-state index in [2.05, 4.69) is 12.2 Å². The zero-order chi connectivity index (χ0) is 17.6. The van der Waals surface area contributed by atoms with Gasteiger partial charge in [-0.2, -0.15) is 0 Å². The molecule has 0 aliphatic heterocycles. The lowest BCUT2D eigenvalue weighted by atomic mass is 9.48. The largest absolute Gasteiger partial charge is 0.482 e. The third-order valence-electron chi connectivity index (χ3n) is 6.66. The molecule has 0 heterocycles. The lowest BCUT2D eigenvalue weighted by molar-refractivity contribution is -0.127. The molecule has 4 bridgehead atoms. The van der Waals surface area contributed by atoms with Crippen LogP contribution in [0.15, 0.2) is 18.2 Å². The minimum absolute atomic E-state index is 0.0310. The molecule has 5 heteroatoms. The Morgan fingerprint density at radius 1 is 1.20 bits per heavy atom. The summed E-state index contributed by atoms with van der Waals surface area (Å²) in [5.74, 6) is 3.01. The molecule has 0 unspecified atom stereocenters. The van der Waals surface area contributed by atoms with Crippen molar-refractivity contribution in [2.75, 3.05) is 6.61 Å². The molecule has 1 aromatic carbocycles. The van der Waals surface area contributed by atoms with Crippen LogP contribution < -0.4 is 10.1 Å². The maximum atomic E-state index is 12.4. The van der Waals surface area contributed by atoms with Gasteiger partial charge in [0.15, 0.2) is 6.61 Å². The molecule has 1 amide bonds. The van der Waals surface area contributed by atoms with Crippen LogP contribution in [0.5, 0.6) is 5.75 Å². The molecule has 136 valence electrons. The van der Waals surface area contributed by atoms with E-state index in [1.54, 1.807) is 18.2 Å². The predicted octanol–water partition coefficient (Wildman–Crippen LogP) is 5.09. The summed E-state index contributed by atoms with van der Waals surface area (Å²) in [6, 6.07) is 5.39. The van der Waals surface area contributed by atoms with Gasteiger partial charge in [-0.3, -0.25) is 4.79 Å². The van der Waals surface area contributed by atoms with Gasteiger partial charge in [0, 0.05) is 6.04 Å². The molecule has 1 N–H and O–H groups in total. The van der Waals surface area contributed by atoms with Crippen molar-refractivity contribution in [1.82, 2.24) is 5.32 Å². The van der Waals surface area contributed by atoms with E-state index in [-0.39, 0.29) is 18.6 Å². The van der Waals surface area contributed by atoms with E-state index in [1.165, 1.54) is 38.5 Å². The summed E-state index contributed by atoms with van der Waals surface area (Å²) in [6.07, 6.45) is 8.08. The van der Waals surface area contributed by atoms with Gasteiger partial charge in [-0.25, -0.2) is 0 Å². The highest BCUT2D eigenvalue weighted by Crippen LogP contribution is 2.61. The Morgan fingerprint density at radius 2 is 1.80 bits per heavy atom. The molecule has 0 aromatic heterocycles. The number of ether oxygens (including phenoxy) is 1. The Kier molecular flexibility index (Phi) is 4.66. The zero-order valence-corrected chi connectivity index (χ0v) is 16.1. The molecule has 4 saturated carbocycles. The highest BCUT2D eigenvalue weighted by molar-refractivity contribution is 6.42. The van der Waals surface area contributed by atoms with Gasteiger partial charge < -0.3 is 10.1 Å². The first-order valence-corrected chi connectivity index (χ1v) is 10.1. The fourth-order valence-electron chi connectivity index (χ4n) is 5.88. The van der Waals surface area contributed by atoms with Crippen LogP contribution in [-0.4, -0.2) is 18.6 Å². The number of benzene rings is 1. The van der Waals surface area contributed by atoms with Crippen LogP contribution in [0.3, 0.4) is 0 Å². The standard InChI is InChI=1S/C20H25Cl2NO2/c1-12(20-8-13-5-14(9-20)7-15(6-13)10-20)23-18(24)11-25-17-4-2-3-16(21)19(17)22/h2-4,12-15H,5-11H2,1H3,(H,23,24)/t12-,13?,14?,15?,20?/m0/s1. The molecular formula is C20H25Cl2NO2. The highest BCUT2D eigenvalue weighted by Gasteiger charge is 2.53. The molecular weight excluding hydrogens is 357 g/mol. The third-order valence-corrected chi connectivity index (χ3v) is 7.46. The molecule has 4 aliphatic carbocycles. The van der Waals surface area contributed by atoms with Crippen molar-refractivity contribution in [3.63, 3.8) is 0 Å². The topological polar surface area (TPSA) is 38.3 Å². The van der Waals surface area contributed by atoms with Crippen molar-refractivity contribution >= 4 is 29.1 Å². The van der Waals surface area contributed by atoms with E-state index in [0.29, 0.717) is 21.2 Å². The summed E-state index contributed by atoms with van der Waals surface area (Å²) in [6.45, 7) is 2.15. The highest BCUT2D eigenvalue weighted by atomic mass is 35.5. The molecule has 0 radical (unpaired) electrons. The van der Waals surface area contributed by atoms with E-state index in [1.807, 2.05) is 0 Å². The Morgan fingerprint density at radius 3 is 2.40 bits per heavy atom. The second-order valence-corrected chi connectivity index (χ2v) is 9.19. The van der Waals surface area contributed by atoms with E-state index in [0.717, 1.165) is 17.8 Å². The first-order valence-electron chi connectivity index (χ1n) is 9.31. The Hall–Kier alpha value is -0.930. The maximum Gasteiger partial charge on any atom is 0.258 e. The fourth-order valence-corrected chi connectivity index (χ4v) is 6.23. The Bertz CT molecular complexity index is 640. The summed E-state index contributed by atoms with van der Waals surface area (Å²) in [5.41, 5.74) is 0.304. The molecule has 1 aromatic rings. The van der Waals surface area contributed by atoms with Gasteiger partial charge in [0.05, 0.1) is 5.02 Å². The lowest BCUT2D eigenvalue weighted by Crippen LogP contribution is -2.56. The molecule has 3 nitrogen and oxygen atoms in total. The van der Waals surface area contributed by atoms with E-state index < -0.39 is 0 Å². The molecule has 4 aliphatic rings. The van der Waals surface area contributed by atoms with Crippen molar-refractivity contribution in [3.05, 3.63) is 28.2 Å². The molecule has 25 heavy (non-hydrogen) atoms. The average Bonchev–Trinajstić information content (AvgIpc) is 2.55. The Labute approximate surface area is 159 Å². The van der Waals surface area contributed by atoms with Gasteiger partial charge in [-0.1, -0.05) is 29.3 Å². The van der Waals surface area contributed by atoms with Crippen LogP contribution >= 0.6 is 23.2 Å². The van der Waals surface area contributed by atoms with Gasteiger partial charge in [-0.05, 0) is 80.8 Å². The summed E-state index contributed by atoms with van der Waals surface area (Å²) in [7, 11) is 0. The summed E-state index contributed by atoms with van der Waals surface area (Å²) in [4.78, 5) is 12.4. The van der Waals surface area contributed by atoms with Crippen LogP contribution in [0.2, 0.25) is 10.0 Å². The summed E-state index contributed by atoms with van der Waals surface area (Å²) < 4.78 is 5.57. The quantitative estimate of drug-likeness (QED) is 0.770.